The van der Waals surface area contributed by atoms with Gasteiger partial charge in [0.2, 0.25) is 0 Å². The molecule has 2 N–H and O–H groups in total. The lowest BCUT2D eigenvalue weighted by atomic mass is 9.97. The van der Waals surface area contributed by atoms with E-state index >= 15 is 0 Å². The largest absolute Gasteiger partial charge is 0.453 e. The molecule has 1 aliphatic rings. The normalized spacial score (nSPS) is 13.3. The molecule has 8 nitrogen and oxygen atoms in total. The van der Waals surface area contributed by atoms with Crippen molar-refractivity contribution in [3.63, 3.8) is 0 Å². The Morgan fingerprint density at radius 1 is 1.31 bits per heavy atom. The van der Waals surface area contributed by atoms with Crippen LogP contribution in [0.25, 0.3) is 11.0 Å². The van der Waals surface area contributed by atoms with Gasteiger partial charge < -0.3 is 19.9 Å². The van der Waals surface area contributed by atoms with Crippen LogP contribution in [0.2, 0.25) is 0 Å². The molecule has 1 aromatic carbocycles. The van der Waals surface area contributed by atoms with E-state index in [4.69, 9.17) is 4.74 Å². The Balaban J connectivity index is 1.62. The zero-order valence-electron chi connectivity index (χ0n) is 14.2. The third kappa shape index (κ3) is 2.75. The van der Waals surface area contributed by atoms with E-state index in [-0.39, 0.29) is 12.0 Å². The van der Waals surface area contributed by atoms with E-state index in [1.165, 1.54) is 7.11 Å². The Bertz CT molecular complexity index is 997. The maximum atomic E-state index is 12.8. The van der Waals surface area contributed by atoms with Crippen molar-refractivity contribution < 1.29 is 14.3 Å². The number of carbonyl (C=O) groups excluding carboxylic acids is 2. The van der Waals surface area contributed by atoms with Crippen LogP contribution in [0.5, 0.6) is 0 Å². The Morgan fingerprint density at radius 3 is 3.04 bits per heavy atom. The predicted octanol–water partition coefficient (Wildman–Crippen LogP) is 2.33. The number of hydrogen-bond donors (Lipinski definition) is 2. The highest BCUT2D eigenvalue weighted by atomic mass is 16.5. The first-order valence-corrected chi connectivity index (χ1v) is 8.19. The van der Waals surface area contributed by atoms with E-state index < -0.39 is 0 Å². The number of ether oxygens (including phenoxy) is 1. The third-order valence-corrected chi connectivity index (χ3v) is 4.52. The average Bonchev–Trinajstić information content (AvgIpc) is 3.16. The van der Waals surface area contributed by atoms with Crippen LogP contribution in [0.15, 0.2) is 36.9 Å². The van der Waals surface area contributed by atoms with Crippen molar-refractivity contribution in [1.82, 2.24) is 19.9 Å². The number of nitrogens with one attached hydrogen (secondary N) is 2. The smallest absolute Gasteiger partial charge is 0.409 e. The van der Waals surface area contributed by atoms with Crippen LogP contribution in [0.1, 0.15) is 21.5 Å². The Hall–Kier alpha value is -3.42. The number of hydrogen-bond acceptors (Lipinski definition) is 5. The van der Waals surface area contributed by atoms with Crippen molar-refractivity contribution >= 4 is 28.7 Å². The summed E-state index contributed by atoms with van der Waals surface area (Å²) in [5.74, 6) is -0.239. The van der Waals surface area contributed by atoms with E-state index in [9.17, 15) is 9.59 Å². The Labute approximate surface area is 149 Å². The van der Waals surface area contributed by atoms with Gasteiger partial charge >= 0.3 is 6.09 Å². The van der Waals surface area contributed by atoms with Gasteiger partial charge in [-0.05, 0) is 29.7 Å². The van der Waals surface area contributed by atoms with Gasteiger partial charge in [0.05, 0.1) is 36.7 Å². The maximum Gasteiger partial charge on any atom is 0.409 e. The Kier molecular flexibility index (Phi) is 4.00. The number of aromatic amines is 1. The number of methoxy groups -OCH3 is 1. The molecule has 3 heterocycles. The van der Waals surface area contributed by atoms with Crippen LogP contribution in [0.3, 0.4) is 0 Å². The molecule has 2 amide bonds. The van der Waals surface area contributed by atoms with E-state index in [1.54, 1.807) is 23.6 Å². The number of fused-ring (bicyclic) bond motifs is 2. The van der Waals surface area contributed by atoms with Crippen molar-refractivity contribution in [1.29, 1.82) is 0 Å². The van der Waals surface area contributed by atoms with E-state index in [2.05, 4.69) is 20.3 Å². The number of pyridine rings is 1. The molecule has 3 aromatic rings. The minimum atomic E-state index is -0.379. The monoisotopic (exact) mass is 351 g/mol. The molecule has 4 rings (SSSR count). The molecule has 26 heavy (non-hydrogen) atoms. The minimum absolute atomic E-state index is 0.239. The molecular formula is C18H17N5O3. The molecule has 1 aliphatic heterocycles. The summed E-state index contributed by atoms with van der Waals surface area (Å²) in [6, 6.07) is 5.55. The number of imidazole rings is 1. The fourth-order valence-electron chi connectivity index (χ4n) is 3.23. The van der Waals surface area contributed by atoms with Gasteiger partial charge in [-0.3, -0.25) is 9.78 Å². The number of anilines is 1. The average molecular weight is 351 g/mol. The molecule has 8 heteroatoms. The number of carbonyl (C=O) groups is 2. The molecule has 2 aromatic heterocycles. The molecule has 0 spiro atoms. The zero-order chi connectivity index (χ0) is 18.1. The quantitative estimate of drug-likeness (QED) is 0.738. The second-order valence-corrected chi connectivity index (χ2v) is 6.02. The van der Waals surface area contributed by atoms with Crippen molar-refractivity contribution in [3.8, 4) is 0 Å². The molecule has 0 fully saturated rings. The van der Waals surface area contributed by atoms with E-state index in [1.807, 2.05) is 18.2 Å². The van der Waals surface area contributed by atoms with Crippen LogP contribution in [-0.4, -0.2) is 45.5 Å². The van der Waals surface area contributed by atoms with Gasteiger partial charge in [-0.25, -0.2) is 9.78 Å². The van der Waals surface area contributed by atoms with Crippen LogP contribution in [-0.2, 0) is 17.7 Å². The summed E-state index contributed by atoms with van der Waals surface area (Å²) in [5.41, 5.74) is 4.47. The number of para-hydroxylation sites is 1. The summed E-state index contributed by atoms with van der Waals surface area (Å²) < 4.78 is 4.77. The third-order valence-electron chi connectivity index (χ3n) is 4.52. The van der Waals surface area contributed by atoms with Crippen LogP contribution < -0.4 is 5.32 Å². The number of nitrogens with zero attached hydrogens (tertiary/aromatic N) is 3. The van der Waals surface area contributed by atoms with E-state index in [0.717, 1.165) is 16.6 Å². The number of H-pyrrole nitrogens is 1. The fourth-order valence-corrected chi connectivity index (χ4v) is 3.23. The predicted molar refractivity (Wildman–Crippen MR) is 94.8 cm³/mol. The molecule has 0 bridgehead atoms. The molecule has 0 unspecified atom stereocenters. The summed E-state index contributed by atoms with van der Waals surface area (Å²) in [6.45, 7) is 0.879. The minimum Gasteiger partial charge on any atom is -0.453 e. The second kappa shape index (κ2) is 6.47. The molecule has 0 saturated heterocycles. The highest BCUT2D eigenvalue weighted by molar-refractivity contribution is 6.08. The van der Waals surface area contributed by atoms with Crippen LogP contribution in [0, 0.1) is 0 Å². The summed E-state index contributed by atoms with van der Waals surface area (Å²) in [6.07, 6.45) is 5.04. The lowest BCUT2D eigenvalue weighted by molar-refractivity contribution is 0.102. The first-order valence-electron chi connectivity index (χ1n) is 8.19. The highest BCUT2D eigenvalue weighted by Crippen LogP contribution is 2.24. The molecule has 0 atom stereocenters. The van der Waals surface area contributed by atoms with Gasteiger partial charge in [-0.2, -0.15) is 0 Å². The number of aromatic nitrogens is 3. The maximum absolute atomic E-state index is 12.8. The fraction of sp³-hybridized carbons (Fsp3) is 0.222. The lowest BCUT2D eigenvalue weighted by Crippen LogP contribution is -2.36. The van der Waals surface area contributed by atoms with Crippen LogP contribution in [0.4, 0.5) is 10.5 Å². The first-order chi connectivity index (χ1) is 12.7. The highest BCUT2D eigenvalue weighted by Gasteiger charge is 2.25. The summed E-state index contributed by atoms with van der Waals surface area (Å²) in [4.78, 5) is 37.6. The van der Waals surface area contributed by atoms with Crippen molar-refractivity contribution in [2.75, 3.05) is 19.0 Å². The van der Waals surface area contributed by atoms with Gasteiger partial charge in [-0.1, -0.05) is 6.07 Å². The molecule has 0 saturated carbocycles. The summed E-state index contributed by atoms with van der Waals surface area (Å²) >= 11 is 0. The standard InChI is InChI=1S/C18H17N5O3/c1-26-18(25)23-6-5-12-11(9-23)7-19-8-13(12)17(24)22-15-4-2-3-14-16(15)21-10-20-14/h2-4,7-8,10H,5-6,9H2,1H3,(H,20,21)(H,22,24). The zero-order valence-corrected chi connectivity index (χ0v) is 14.2. The van der Waals surface area contributed by atoms with Gasteiger partial charge in [0.1, 0.15) is 5.52 Å². The molecule has 132 valence electrons. The van der Waals surface area contributed by atoms with E-state index in [0.29, 0.717) is 36.3 Å². The van der Waals surface area contributed by atoms with Gasteiger partial charge in [0, 0.05) is 18.9 Å². The first kappa shape index (κ1) is 16.1. The second-order valence-electron chi connectivity index (χ2n) is 6.02. The number of amides is 2. The number of rotatable bonds is 2. The van der Waals surface area contributed by atoms with Gasteiger partial charge in [0.25, 0.3) is 5.91 Å². The van der Waals surface area contributed by atoms with Crippen molar-refractivity contribution in [3.05, 3.63) is 53.6 Å². The molecule has 0 radical (unpaired) electrons. The molecular weight excluding hydrogens is 334 g/mol. The van der Waals surface area contributed by atoms with Crippen LogP contribution >= 0.6 is 0 Å². The summed E-state index contributed by atoms with van der Waals surface area (Å²) in [5, 5.41) is 2.92. The van der Waals surface area contributed by atoms with Crippen molar-refractivity contribution in [2.24, 2.45) is 0 Å². The number of benzene rings is 1. The Morgan fingerprint density at radius 2 is 2.19 bits per heavy atom. The SMILES string of the molecule is COC(=O)N1CCc2c(cncc2C(=O)Nc2cccc3[nH]cnc23)C1. The lowest BCUT2D eigenvalue weighted by Gasteiger charge is -2.28. The topological polar surface area (TPSA) is 100 Å². The van der Waals surface area contributed by atoms with Gasteiger partial charge in [0.15, 0.2) is 0 Å². The summed E-state index contributed by atoms with van der Waals surface area (Å²) in [7, 11) is 1.36. The van der Waals surface area contributed by atoms with Crippen molar-refractivity contribution in [2.45, 2.75) is 13.0 Å². The molecule has 0 aliphatic carbocycles. The van der Waals surface area contributed by atoms with Gasteiger partial charge in [-0.15, -0.1) is 0 Å².